The summed E-state index contributed by atoms with van der Waals surface area (Å²) in [5.74, 6) is 0. The first-order chi connectivity index (χ1) is 28.2. The molecule has 9 aromatic rings. The van der Waals surface area contributed by atoms with E-state index in [0.29, 0.717) is 0 Å². The van der Waals surface area contributed by atoms with Crippen LogP contribution in [0.3, 0.4) is 0 Å². The maximum absolute atomic E-state index is 4.00. The second-order valence-electron chi connectivity index (χ2n) is 14.5. The fourth-order valence-electron chi connectivity index (χ4n) is 8.04. The van der Waals surface area contributed by atoms with Gasteiger partial charge in [-0.1, -0.05) is 133 Å². The normalized spacial score (nSPS) is 16.6. The van der Waals surface area contributed by atoms with Crippen molar-refractivity contribution >= 4 is 34.4 Å². The lowest BCUT2D eigenvalue weighted by molar-refractivity contribution is -0.671. The van der Waals surface area contributed by atoms with E-state index in [2.05, 4.69) is 225 Å². The number of nitrogens with zero attached hydrogens (tertiary/aromatic N) is 1. The number of rotatable bonds is 6. The third-order valence-electron chi connectivity index (χ3n) is 10.8. The van der Waals surface area contributed by atoms with Crippen molar-refractivity contribution in [2.45, 2.75) is 0 Å². The lowest BCUT2D eigenvalue weighted by Gasteiger charge is -2.10. The van der Waals surface area contributed by atoms with Crippen LogP contribution in [0, 0.1) is 0 Å². The van der Waals surface area contributed by atoms with Gasteiger partial charge in [0, 0.05) is 78.8 Å². The molecule has 0 radical (unpaired) electrons. The summed E-state index contributed by atoms with van der Waals surface area (Å²) in [7, 11) is 2.04. The van der Waals surface area contributed by atoms with E-state index in [1.807, 2.05) is 7.05 Å². The molecule has 0 unspecified atom stereocenters. The number of benzene rings is 4. The fraction of sp³-hybridized carbons (Fsp3) is 0.0192. The van der Waals surface area contributed by atoms with Crippen LogP contribution in [0.25, 0.3) is 34.4 Å². The Labute approximate surface area is 330 Å². The molecule has 4 aromatic carbocycles. The van der Waals surface area contributed by atoms with Gasteiger partial charge in [0.1, 0.15) is 7.05 Å². The summed E-state index contributed by atoms with van der Waals surface area (Å²) < 4.78 is 2.05. The molecule has 4 N–H and O–H groups in total. The van der Waals surface area contributed by atoms with Gasteiger partial charge >= 0.3 is 0 Å². The molecule has 0 saturated heterocycles. The Morgan fingerprint density at radius 1 is 0.368 bits per heavy atom. The zero-order chi connectivity index (χ0) is 38.1. The van der Waals surface area contributed by atoms with Crippen molar-refractivity contribution in [2.75, 3.05) is 0 Å². The quantitative estimate of drug-likeness (QED) is 0.130. The van der Waals surface area contributed by atoms with E-state index in [1.54, 1.807) is 0 Å². The molecule has 0 aliphatic carbocycles. The SMILES string of the molecule is C[n+]1ccc(/C=C/c2c/c3[nH]/c2=C(/c2ccccc2)c2ccc([nH]2)/C(c2ccccc2)=c2/cc/c([nH]2)=C(\c2ccccc2)c2ccc([nH]2)\C=3c2ccccc2)cc1. The Kier molecular flexibility index (Phi) is 8.65. The number of fused-ring (bicyclic) bond motifs is 8. The molecule has 8 bridgehead atoms. The molecule has 57 heavy (non-hydrogen) atoms. The standard InChI is InChI=1S/C52H39N5/c1-57-32-30-35(31-33-57)22-23-40-34-47-50(38-18-10-4-11-19-38)45-27-26-43(54-45)48(36-14-6-2-7-15-36)41-24-25-42(53-41)49(37-16-8-3-9-17-37)44-28-29-46(55-44)51(52(40)56-47)39-20-12-5-13-21-39/h2-34H,1H3,(H3,53,54,55,56)/p+1. The lowest BCUT2D eigenvalue weighted by atomic mass is 10.0. The molecule has 0 spiro atoms. The molecular formula is C52H40N5+. The number of nitrogens with one attached hydrogen (secondary N) is 4. The van der Waals surface area contributed by atoms with Crippen molar-refractivity contribution < 1.29 is 4.57 Å². The molecule has 6 heterocycles. The number of aromatic amines is 4. The average molecular weight is 735 g/mol. The minimum atomic E-state index is 1.01. The van der Waals surface area contributed by atoms with Crippen molar-refractivity contribution in [2.24, 2.45) is 7.05 Å². The van der Waals surface area contributed by atoms with Crippen LogP contribution in [0.15, 0.2) is 188 Å². The summed E-state index contributed by atoms with van der Waals surface area (Å²) in [4.78, 5) is 15.7. The molecule has 1 aliphatic heterocycles. The molecule has 0 amide bonds. The molecule has 5 aromatic heterocycles. The maximum atomic E-state index is 4.00. The van der Waals surface area contributed by atoms with Gasteiger partial charge in [-0.2, -0.15) is 0 Å². The summed E-state index contributed by atoms with van der Waals surface area (Å²) >= 11 is 0. The van der Waals surface area contributed by atoms with E-state index in [9.17, 15) is 0 Å². The minimum absolute atomic E-state index is 1.01. The number of aromatic nitrogens is 5. The monoisotopic (exact) mass is 734 g/mol. The van der Waals surface area contributed by atoms with Crippen molar-refractivity contribution in [3.63, 3.8) is 0 Å². The number of aryl methyl sites for hydroxylation is 1. The van der Waals surface area contributed by atoms with Gasteiger partial charge in [-0.05, 0) is 70.3 Å². The van der Waals surface area contributed by atoms with Crippen molar-refractivity contribution in [1.82, 2.24) is 19.9 Å². The van der Waals surface area contributed by atoms with Crippen LogP contribution in [0.4, 0.5) is 0 Å². The highest BCUT2D eigenvalue weighted by Gasteiger charge is 2.19. The lowest BCUT2D eigenvalue weighted by Crippen LogP contribution is -2.25. The molecule has 0 fully saturated rings. The van der Waals surface area contributed by atoms with Gasteiger partial charge in [0.25, 0.3) is 0 Å². The first-order valence-electron chi connectivity index (χ1n) is 19.3. The van der Waals surface area contributed by atoms with E-state index in [-0.39, 0.29) is 0 Å². The van der Waals surface area contributed by atoms with E-state index >= 15 is 0 Å². The largest absolute Gasteiger partial charge is 0.354 e. The number of hydrogen-bond acceptors (Lipinski definition) is 0. The number of hydrogen-bond donors (Lipinski definition) is 4. The summed E-state index contributed by atoms with van der Waals surface area (Å²) in [6, 6.07) is 62.4. The van der Waals surface area contributed by atoms with Crippen LogP contribution in [0.2, 0.25) is 0 Å². The first-order valence-corrected chi connectivity index (χ1v) is 19.3. The molecule has 5 nitrogen and oxygen atoms in total. The predicted molar refractivity (Wildman–Crippen MR) is 230 cm³/mol. The Balaban J connectivity index is 1.37. The number of pyridine rings is 1. The van der Waals surface area contributed by atoms with Crippen LogP contribution in [0.5, 0.6) is 0 Å². The van der Waals surface area contributed by atoms with E-state index in [0.717, 1.165) is 99.8 Å². The zero-order valence-corrected chi connectivity index (χ0v) is 31.5. The van der Waals surface area contributed by atoms with Crippen LogP contribution < -0.4 is 26.0 Å². The second-order valence-corrected chi connectivity index (χ2v) is 14.5. The minimum Gasteiger partial charge on any atom is -0.354 e. The fourth-order valence-corrected chi connectivity index (χ4v) is 8.04. The predicted octanol–water partition coefficient (Wildman–Crippen LogP) is 7.30. The van der Waals surface area contributed by atoms with Crippen LogP contribution in [0.1, 0.15) is 56.2 Å². The van der Waals surface area contributed by atoms with Gasteiger partial charge in [0.2, 0.25) is 0 Å². The van der Waals surface area contributed by atoms with Gasteiger partial charge < -0.3 is 19.9 Å². The third-order valence-corrected chi connectivity index (χ3v) is 10.8. The number of H-pyrrole nitrogens is 4. The Hall–Kier alpha value is -7.63. The molecule has 272 valence electrons. The molecule has 5 heteroatoms. The Bertz CT molecular complexity index is 3140. The van der Waals surface area contributed by atoms with E-state index in [1.165, 1.54) is 0 Å². The second kappa shape index (κ2) is 14.5. The first kappa shape index (κ1) is 33.9. The molecule has 10 rings (SSSR count). The van der Waals surface area contributed by atoms with Crippen molar-refractivity contribution in [3.8, 4) is 0 Å². The molecular weight excluding hydrogens is 695 g/mol. The van der Waals surface area contributed by atoms with Crippen LogP contribution >= 0.6 is 0 Å². The van der Waals surface area contributed by atoms with Crippen molar-refractivity contribution in [3.05, 3.63) is 266 Å². The third kappa shape index (κ3) is 6.51. The van der Waals surface area contributed by atoms with Crippen LogP contribution in [-0.4, -0.2) is 19.9 Å². The highest BCUT2D eigenvalue weighted by Crippen LogP contribution is 2.28. The topological polar surface area (TPSA) is 67.0 Å². The summed E-state index contributed by atoms with van der Waals surface area (Å²) in [6.45, 7) is 0. The highest BCUT2D eigenvalue weighted by molar-refractivity contribution is 5.86. The zero-order valence-electron chi connectivity index (χ0n) is 31.5. The Morgan fingerprint density at radius 3 is 1.23 bits per heavy atom. The smallest absolute Gasteiger partial charge is 0.169 e. The van der Waals surface area contributed by atoms with Gasteiger partial charge in [-0.25, -0.2) is 4.57 Å². The van der Waals surface area contributed by atoms with Crippen LogP contribution in [-0.2, 0) is 7.05 Å². The Morgan fingerprint density at radius 2 is 0.772 bits per heavy atom. The van der Waals surface area contributed by atoms with Crippen molar-refractivity contribution in [1.29, 1.82) is 0 Å². The van der Waals surface area contributed by atoms with Gasteiger partial charge in [-0.3, -0.25) is 0 Å². The molecule has 1 aliphatic rings. The van der Waals surface area contributed by atoms with E-state index in [4.69, 9.17) is 0 Å². The molecule has 0 atom stereocenters. The molecule has 0 saturated carbocycles. The maximum Gasteiger partial charge on any atom is 0.169 e. The van der Waals surface area contributed by atoms with Gasteiger partial charge in [0.15, 0.2) is 12.4 Å². The highest BCUT2D eigenvalue weighted by atomic mass is 14.9. The summed E-state index contributed by atoms with van der Waals surface area (Å²) in [5.41, 5.74) is 15.1. The van der Waals surface area contributed by atoms with E-state index < -0.39 is 0 Å². The average Bonchev–Trinajstić information content (AvgIpc) is 4.10. The van der Waals surface area contributed by atoms with Gasteiger partial charge in [-0.15, -0.1) is 0 Å². The summed E-state index contributed by atoms with van der Waals surface area (Å²) in [6.07, 6.45) is 8.59. The van der Waals surface area contributed by atoms with Gasteiger partial charge in [0.05, 0.1) is 5.35 Å². The summed E-state index contributed by atoms with van der Waals surface area (Å²) in [5, 5.41) is 4.08.